The lowest BCUT2D eigenvalue weighted by Gasteiger charge is -2.46. The molecule has 0 saturated carbocycles. The predicted octanol–water partition coefficient (Wildman–Crippen LogP) is 3.40. The van der Waals surface area contributed by atoms with E-state index in [2.05, 4.69) is 18.7 Å². The number of benzene rings is 1. The molecule has 1 atom stereocenters. The van der Waals surface area contributed by atoms with Crippen LogP contribution >= 0.6 is 11.6 Å². The Labute approximate surface area is 125 Å². The van der Waals surface area contributed by atoms with Crippen molar-refractivity contribution in [3.63, 3.8) is 0 Å². The second-order valence-electron chi connectivity index (χ2n) is 6.32. The smallest absolute Gasteiger partial charge is 0.126 e. The number of nitrogens with zero attached hydrogens (tertiary/aromatic N) is 1. The number of hydrogen-bond donors (Lipinski definition) is 1. The first-order valence-electron chi connectivity index (χ1n) is 7.40. The van der Waals surface area contributed by atoms with E-state index >= 15 is 0 Å². The first-order valence-corrected chi connectivity index (χ1v) is 7.77. The van der Waals surface area contributed by atoms with Crippen molar-refractivity contribution in [2.24, 2.45) is 0 Å². The van der Waals surface area contributed by atoms with Crippen molar-refractivity contribution in [1.82, 2.24) is 4.90 Å². The summed E-state index contributed by atoms with van der Waals surface area (Å²) in [6, 6.07) is 6.11. The summed E-state index contributed by atoms with van der Waals surface area (Å²) in [5.41, 5.74) is 0.625. The first-order chi connectivity index (χ1) is 9.49. The fraction of sp³-hybridized carbons (Fsp3) is 0.625. The fourth-order valence-corrected chi connectivity index (χ4v) is 3.54. The number of aliphatic hydroxyl groups excluding tert-OH is 1. The van der Waals surface area contributed by atoms with Crippen LogP contribution in [0.5, 0.6) is 5.75 Å². The van der Waals surface area contributed by atoms with Gasteiger partial charge in [0.1, 0.15) is 11.4 Å². The van der Waals surface area contributed by atoms with Crippen LogP contribution < -0.4 is 4.74 Å². The van der Waals surface area contributed by atoms with Gasteiger partial charge in [0.05, 0.1) is 6.10 Å². The number of halogens is 1. The van der Waals surface area contributed by atoms with E-state index in [0.717, 1.165) is 37.2 Å². The van der Waals surface area contributed by atoms with Crippen LogP contribution in [0, 0.1) is 0 Å². The van der Waals surface area contributed by atoms with Crippen molar-refractivity contribution in [2.75, 3.05) is 13.1 Å². The van der Waals surface area contributed by atoms with Crippen LogP contribution in [0.2, 0.25) is 5.02 Å². The van der Waals surface area contributed by atoms with E-state index in [1.165, 1.54) is 0 Å². The minimum absolute atomic E-state index is 0.203. The fourth-order valence-electron chi connectivity index (χ4n) is 3.36. The van der Waals surface area contributed by atoms with Gasteiger partial charge < -0.3 is 14.7 Å². The van der Waals surface area contributed by atoms with Crippen LogP contribution in [0.25, 0.3) is 0 Å². The maximum absolute atomic E-state index is 10.4. The molecule has 3 rings (SSSR count). The summed E-state index contributed by atoms with van der Waals surface area (Å²) in [6.45, 7) is 6.53. The van der Waals surface area contributed by atoms with Crippen LogP contribution in [0.4, 0.5) is 0 Å². The lowest BCUT2D eigenvalue weighted by molar-refractivity contribution is -0.0580. The molecular formula is C16H22ClNO2. The van der Waals surface area contributed by atoms with Crippen molar-refractivity contribution in [3.05, 3.63) is 28.8 Å². The van der Waals surface area contributed by atoms with E-state index < -0.39 is 6.10 Å². The number of likely N-dealkylation sites (tertiary alicyclic amines) is 1. The predicted molar refractivity (Wildman–Crippen MR) is 80.3 cm³/mol. The Morgan fingerprint density at radius 3 is 2.70 bits per heavy atom. The Balaban J connectivity index is 1.80. The van der Waals surface area contributed by atoms with Gasteiger partial charge in [-0.3, -0.25) is 0 Å². The van der Waals surface area contributed by atoms with Crippen LogP contribution in [-0.2, 0) is 0 Å². The molecule has 1 unspecified atom stereocenters. The normalized spacial score (nSPS) is 25.6. The van der Waals surface area contributed by atoms with Gasteiger partial charge in [-0.25, -0.2) is 0 Å². The monoisotopic (exact) mass is 295 g/mol. The molecule has 0 aromatic heterocycles. The molecule has 0 amide bonds. The van der Waals surface area contributed by atoms with Crippen molar-refractivity contribution < 1.29 is 9.84 Å². The molecule has 1 spiro atoms. The molecule has 1 aromatic carbocycles. The van der Waals surface area contributed by atoms with Gasteiger partial charge in [-0.05, 0) is 44.9 Å². The third-order valence-corrected chi connectivity index (χ3v) is 4.90. The molecule has 1 aromatic rings. The molecule has 3 nitrogen and oxygen atoms in total. The third kappa shape index (κ3) is 2.54. The molecule has 0 bridgehead atoms. The molecule has 20 heavy (non-hydrogen) atoms. The van der Waals surface area contributed by atoms with E-state index in [1.807, 2.05) is 18.2 Å². The number of fused-ring (bicyclic) bond motifs is 1. The van der Waals surface area contributed by atoms with E-state index in [4.69, 9.17) is 16.3 Å². The zero-order valence-corrected chi connectivity index (χ0v) is 12.9. The van der Waals surface area contributed by atoms with E-state index in [9.17, 15) is 5.11 Å². The third-order valence-electron chi connectivity index (χ3n) is 4.66. The molecule has 1 fully saturated rings. The average molecular weight is 296 g/mol. The zero-order chi connectivity index (χ0) is 14.3. The van der Waals surface area contributed by atoms with E-state index in [-0.39, 0.29) is 5.60 Å². The molecule has 1 saturated heterocycles. The maximum Gasteiger partial charge on any atom is 0.126 e. The highest BCUT2D eigenvalue weighted by atomic mass is 35.5. The Morgan fingerprint density at radius 2 is 2.05 bits per heavy atom. The van der Waals surface area contributed by atoms with Gasteiger partial charge in [0.25, 0.3) is 0 Å². The molecule has 4 heteroatoms. The topological polar surface area (TPSA) is 32.7 Å². The standard InChI is InChI=1S/C16H22ClNO2/c1-11(2)18-7-5-16(6-8-18)10-14(19)13-9-12(17)3-4-15(13)20-16/h3-4,9,11,14,19H,5-8,10H2,1-2H3. The molecular weight excluding hydrogens is 274 g/mol. The Morgan fingerprint density at radius 1 is 1.35 bits per heavy atom. The Hall–Kier alpha value is -0.770. The molecule has 2 aliphatic heterocycles. The van der Waals surface area contributed by atoms with Crippen molar-refractivity contribution in [2.45, 2.75) is 50.9 Å². The van der Waals surface area contributed by atoms with Gasteiger partial charge in [-0.15, -0.1) is 0 Å². The number of hydrogen-bond acceptors (Lipinski definition) is 3. The minimum Gasteiger partial charge on any atom is -0.487 e. The van der Waals surface area contributed by atoms with Gasteiger partial charge in [-0.2, -0.15) is 0 Å². The Bertz CT molecular complexity index is 495. The largest absolute Gasteiger partial charge is 0.487 e. The van der Waals surface area contributed by atoms with Crippen LogP contribution in [0.15, 0.2) is 18.2 Å². The number of rotatable bonds is 1. The van der Waals surface area contributed by atoms with Gasteiger partial charge in [0, 0.05) is 36.1 Å². The van der Waals surface area contributed by atoms with Crippen LogP contribution in [-0.4, -0.2) is 34.7 Å². The number of ether oxygens (including phenoxy) is 1. The molecule has 2 heterocycles. The molecule has 1 N–H and O–H groups in total. The van der Waals surface area contributed by atoms with Gasteiger partial charge in [0.2, 0.25) is 0 Å². The molecule has 110 valence electrons. The maximum atomic E-state index is 10.4. The summed E-state index contributed by atoms with van der Waals surface area (Å²) in [5.74, 6) is 0.797. The number of aliphatic hydroxyl groups is 1. The zero-order valence-electron chi connectivity index (χ0n) is 12.1. The van der Waals surface area contributed by atoms with Gasteiger partial charge >= 0.3 is 0 Å². The van der Waals surface area contributed by atoms with Gasteiger partial charge in [-0.1, -0.05) is 11.6 Å². The number of piperidine rings is 1. The minimum atomic E-state index is -0.469. The summed E-state index contributed by atoms with van der Waals surface area (Å²) >= 11 is 6.00. The molecule has 0 radical (unpaired) electrons. The highest BCUT2D eigenvalue weighted by molar-refractivity contribution is 6.30. The van der Waals surface area contributed by atoms with Crippen LogP contribution in [0.3, 0.4) is 0 Å². The summed E-state index contributed by atoms with van der Waals surface area (Å²) in [7, 11) is 0. The lowest BCUT2D eigenvalue weighted by Crippen LogP contribution is -2.51. The summed E-state index contributed by atoms with van der Waals surface area (Å²) in [4.78, 5) is 2.47. The van der Waals surface area contributed by atoms with Crippen molar-refractivity contribution in [3.8, 4) is 5.75 Å². The first kappa shape index (κ1) is 14.2. The van der Waals surface area contributed by atoms with E-state index in [1.54, 1.807) is 0 Å². The van der Waals surface area contributed by atoms with Crippen molar-refractivity contribution >= 4 is 11.6 Å². The van der Waals surface area contributed by atoms with Gasteiger partial charge in [0.15, 0.2) is 0 Å². The molecule has 2 aliphatic rings. The highest BCUT2D eigenvalue weighted by Gasteiger charge is 2.43. The average Bonchev–Trinajstić information content (AvgIpc) is 2.40. The quantitative estimate of drug-likeness (QED) is 0.862. The van der Waals surface area contributed by atoms with E-state index in [0.29, 0.717) is 17.5 Å². The second kappa shape index (κ2) is 5.21. The summed E-state index contributed by atoms with van der Waals surface area (Å²) < 4.78 is 6.27. The van der Waals surface area contributed by atoms with Crippen molar-refractivity contribution in [1.29, 1.82) is 0 Å². The second-order valence-corrected chi connectivity index (χ2v) is 6.75. The summed E-state index contributed by atoms with van der Waals surface area (Å²) in [6.07, 6.45) is 2.16. The summed E-state index contributed by atoms with van der Waals surface area (Å²) in [5, 5.41) is 11.1. The highest BCUT2D eigenvalue weighted by Crippen LogP contribution is 2.45. The SMILES string of the molecule is CC(C)N1CCC2(CC1)CC(O)c1cc(Cl)ccc1O2. The lowest BCUT2D eigenvalue weighted by atomic mass is 9.81. The Kier molecular flexibility index (Phi) is 3.69. The molecule has 0 aliphatic carbocycles. The van der Waals surface area contributed by atoms with Crippen LogP contribution in [0.1, 0.15) is 44.8 Å².